The zero-order chi connectivity index (χ0) is 10.1. The number of carbonyl (C=O) groups is 1. The van der Waals surface area contributed by atoms with Gasteiger partial charge in [-0.25, -0.2) is 4.68 Å². The van der Waals surface area contributed by atoms with Crippen molar-refractivity contribution in [1.82, 2.24) is 20.2 Å². The van der Waals surface area contributed by atoms with Gasteiger partial charge in [-0.1, -0.05) is 0 Å². The van der Waals surface area contributed by atoms with Crippen LogP contribution in [0.3, 0.4) is 0 Å². The lowest BCUT2D eigenvalue weighted by Gasteiger charge is -2.15. The number of aromatic nitrogens is 4. The second kappa shape index (κ2) is 3.21. The van der Waals surface area contributed by atoms with Crippen LogP contribution in [0.15, 0.2) is 0 Å². The third kappa shape index (κ3) is 2.59. The maximum Gasteiger partial charge on any atom is 0.217 e. The SMILES string of the molecule is Cn1nnnc1C(=O)CC(C)(C)N. The molecule has 1 aromatic heterocycles. The quantitative estimate of drug-likeness (QED) is 0.639. The molecule has 0 bridgehead atoms. The molecular weight excluding hydrogens is 170 g/mol. The third-order valence-corrected chi connectivity index (χ3v) is 1.49. The summed E-state index contributed by atoms with van der Waals surface area (Å²) in [6.07, 6.45) is 0.237. The molecule has 0 spiro atoms. The van der Waals surface area contributed by atoms with Gasteiger partial charge in [0.2, 0.25) is 11.6 Å². The summed E-state index contributed by atoms with van der Waals surface area (Å²) < 4.78 is 1.34. The van der Waals surface area contributed by atoms with E-state index in [0.29, 0.717) is 0 Å². The monoisotopic (exact) mass is 183 g/mol. The lowest BCUT2D eigenvalue weighted by Crippen LogP contribution is -2.35. The molecule has 0 atom stereocenters. The Labute approximate surface area is 76.1 Å². The highest BCUT2D eigenvalue weighted by molar-refractivity contribution is 5.93. The second-order valence-electron chi connectivity index (χ2n) is 3.71. The molecule has 6 heteroatoms. The molecule has 0 radical (unpaired) electrons. The number of ketones is 1. The molecule has 0 aliphatic rings. The van der Waals surface area contributed by atoms with Crippen LogP contribution >= 0.6 is 0 Å². The highest BCUT2D eigenvalue weighted by Gasteiger charge is 2.21. The number of hydrogen-bond donors (Lipinski definition) is 1. The smallest absolute Gasteiger partial charge is 0.217 e. The summed E-state index contributed by atoms with van der Waals surface area (Å²) in [7, 11) is 1.62. The van der Waals surface area contributed by atoms with Crippen molar-refractivity contribution in [3.05, 3.63) is 5.82 Å². The summed E-state index contributed by atoms with van der Waals surface area (Å²) in [4.78, 5) is 11.5. The summed E-state index contributed by atoms with van der Waals surface area (Å²) in [5.74, 6) is 0.110. The summed E-state index contributed by atoms with van der Waals surface area (Å²) in [5, 5.41) is 10.5. The largest absolute Gasteiger partial charge is 0.325 e. The predicted octanol–water partition coefficient (Wildman–Crippen LogP) is -0.480. The molecular formula is C7H13N5O. The van der Waals surface area contributed by atoms with E-state index in [4.69, 9.17) is 5.73 Å². The Morgan fingerprint density at radius 3 is 2.62 bits per heavy atom. The van der Waals surface area contributed by atoms with E-state index in [1.807, 2.05) is 0 Å². The van der Waals surface area contributed by atoms with Crippen LogP contribution in [-0.2, 0) is 7.05 Å². The predicted molar refractivity (Wildman–Crippen MR) is 46.0 cm³/mol. The lowest BCUT2D eigenvalue weighted by molar-refractivity contribution is 0.0945. The van der Waals surface area contributed by atoms with E-state index in [1.165, 1.54) is 4.68 Å². The first-order chi connectivity index (χ1) is 5.90. The first-order valence-corrected chi connectivity index (χ1v) is 3.94. The van der Waals surface area contributed by atoms with E-state index in [-0.39, 0.29) is 18.0 Å². The second-order valence-corrected chi connectivity index (χ2v) is 3.71. The molecule has 0 unspecified atom stereocenters. The van der Waals surface area contributed by atoms with Crippen LogP contribution < -0.4 is 5.73 Å². The number of aryl methyl sites for hydroxylation is 1. The Hall–Kier alpha value is -1.30. The molecule has 0 aliphatic carbocycles. The molecule has 0 saturated heterocycles. The van der Waals surface area contributed by atoms with Gasteiger partial charge in [0, 0.05) is 19.0 Å². The molecule has 0 fully saturated rings. The van der Waals surface area contributed by atoms with Crippen LogP contribution in [0.4, 0.5) is 0 Å². The van der Waals surface area contributed by atoms with Gasteiger partial charge in [-0.2, -0.15) is 0 Å². The number of Topliss-reactive ketones (excluding diaryl/α,β-unsaturated/α-hetero) is 1. The van der Waals surface area contributed by atoms with E-state index in [1.54, 1.807) is 20.9 Å². The molecule has 1 heterocycles. The first-order valence-electron chi connectivity index (χ1n) is 3.94. The van der Waals surface area contributed by atoms with E-state index >= 15 is 0 Å². The Kier molecular flexibility index (Phi) is 2.42. The molecule has 0 amide bonds. The van der Waals surface area contributed by atoms with Gasteiger partial charge in [-0.3, -0.25) is 4.79 Å². The van der Waals surface area contributed by atoms with Gasteiger partial charge in [-0.15, -0.1) is 5.10 Å². The average Bonchev–Trinajstić information content (AvgIpc) is 2.30. The lowest BCUT2D eigenvalue weighted by atomic mass is 9.99. The number of carbonyl (C=O) groups excluding carboxylic acids is 1. The minimum atomic E-state index is -0.525. The average molecular weight is 183 g/mol. The van der Waals surface area contributed by atoms with Crippen molar-refractivity contribution in [2.45, 2.75) is 25.8 Å². The van der Waals surface area contributed by atoms with Gasteiger partial charge >= 0.3 is 0 Å². The Balaban J connectivity index is 2.76. The van der Waals surface area contributed by atoms with Gasteiger partial charge in [0.15, 0.2) is 0 Å². The molecule has 2 N–H and O–H groups in total. The van der Waals surface area contributed by atoms with Gasteiger partial charge in [0.25, 0.3) is 0 Å². The fraction of sp³-hybridized carbons (Fsp3) is 0.714. The molecule has 13 heavy (non-hydrogen) atoms. The van der Waals surface area contributed by atoms with Crippen molar-refractivity contribution >= 4 is 5.78 Å². The summed E-state index contributed by atoms with van der Waals surface area (Å²) in [5.41, 5.74) is 5.17. The first kappa shape index (κ1) is 9.79. The highest BCUT2D eigenvalue weighted by Crippen LogP contribution is 2.07. The van der Waals surface area contributed by atoms with Crippen molar-refractivity contribution < 1.29 is 4.79 Å². The van der Waals surface area contributed by atoms with Crippen LogP contribution in [0.2, 0.25) is 0 Å². The van der Waals surface area contributed by atoms with Crippen molar-refractivity contribution in [2.75, 3.05) is 0 Å². The number of nitrogens with zero attached hydrogens (tertiary/aromatic N) is 4. The Morgan fingerprint density at radius 2 is 2.23 bits per heavy atom. The summed E-state index contributed by atoms with van der Waals surface area (Å²) in [6, 6.07) is 0. The Morgan fingerprint density at radius 1 is 1.62 bits per heavy atom. The van der Waals surface area contributed by atoms with Crippen molar-refractivity contribution in [3.63, 3.8) is 0 Å². The fourth-order valence-corrected chi connectivity index (χ4v) is 0.959. The van der Waals surface area contributed by atoms with Crippen LogP contribution in [0.1, 0.15) is 30.9 Å². The topological polar surface area (TPSA) is 86.7 Å². The van der Waals surface area contributed by atoms with Crippen molar-refractivity contribution in [2.24, 2.45) is 12.8 Å². The molecule has 0 saturated carbocycles. The van der Waals surface area contributed by atoms with Crippen LogP contribution in [0.25, 0.3) is 0 Å². The molecule has 1 aromatic rings. The normalized spacial score (nSPS) is 11.7. The minimum absolute atomic E-state index is 0.139. The molecule has 72 valence electrons. The van der Waals surface area contributed by atoms with Crippen molar-refractivity contribution in [1.29, 1.82) is 0 Å². The van der Waals surface area contributed by atoms with Crippen molar-refractivity contribution in [3.8, 4) is 0 Å². The van der Waals surface area contributed by atoms with E-state index in [2.05, 4.69) is 15.5 Å². The standard InChI is InChI=1S/C7H13N5O/c1-7(2,8)4-5(13)6-9-10-11-12(6)3/h4,8H2,1-3H3. The third-order valence-electron chi connectivity index (χ3n) is 1.49. The van der Waals surface area contributed by atoms with Gasteiger partial charge < -0.3 is 5.73 Å². The van der Waals surface area contributed by atoms with E-state index < -0.39 is 5.54 Å². The molecule has 6 nitrogen and oxygen atoms in total. The fourth-order valence-electron chi connectivity index (χ4n) is 0.959. The zero-order valence-electron chi connectivity index (χ0n) is 7.98. The van der Waals surface area contributed by atoms with Gasteiger partial charge in [0.1, 0.15) is 0 Å². The van der Waals surface area contributed by atoms with E-state index in [9.17, 15) is 4.79 Å². The van der Waals surface area contributed by atoms with Crippen LogP contribution in [0.5, 0.6) is 0 Å². The Bertz CT molecular complexity index is 311. The molecule has 0 aromatic carbocycles. The minimum Gasteiger partial charge on any atom is -0.325 e. The number of nitrogens with two attached hydrogens (primary N) is 1. The van der Waals surface area contributed by atoms with Crippen LogP contribution in [-0.4, -0.2) is 31.5 Å². The number of tetrazole rings is 1. The highest BCUT2D eigenvalue weighted by atomic mass is 16.1. The molecule has 0 aliphatic heterocycles. The summed E-state index contributed by atoms with van der Waals surface area (Å²) >= 11 is 0. The maximum absolute atomic E-state index is 11.5. The maximum atomic E-state index is 11.5. The molecule has 1 rings (SSSR count). The van der Waals surface area contributed by atoms with Gasteiger partial charge in [0.05, 0.1) is 0 Å². The van der Waals surface area contributed by atoms with Gasteiger partial charge in [-0.05, 0) is 24.3 Å². The van der Waals surface area contributed by atoms with Crippen LogP contribution in [0, 0.1) is 0 Å². The van der Waals surface area contributed by atoms with E-state index in [0.717, 1.165) is 0 Å². The number of rotatable bonds is 3. The summed E-state index contributed by atoms with van der Waals surface area (Å²) in [6.45, 7) is 3.57. The zero-order valence-corrected chi connectivity index (χ0v) is 7.98. The number of hydrogen-bond acceptors (Lipinski definition) is 5.